The van der Waals surface area contributed by atoms with Gasteiger partial charge in [0.1, 0.15) is 5.60 Å². The Morgan fingerprint density at radius 1 is 1.21 bits per heavy atom. The zero-order valence-corrected chi connectivity index (χ0v) is 13.1. The molecule has 0 aromatic heterocycles. The summed E-state index contributed by atoms with van der Waals surface area (Å²) < 4.78 is 10.6. The van der Waals surface area contributed by atoms with Crippen molar-refractivity contribution in [3.05, 3.63) is 0 Å². The first-order valence-corrected chi connectivity index (χ1v) is 6.97. The van der Waals surface area contributed by atoms with Crippen LogP contribution in [-0.2, 0) is 9.47 Å². The van der Waals surface area contributed by atoms with E-state index in [-0.39, 0.29) is 18.2 Å². The monoisotopic (exact) mass is 272 g/mol. The van der Waals surface area contributed by atoms with Crippen molar-refractivity contribution >= 4 is 6.09 Å². The summed E-state index contributed by atoms with van der Waals surface area (Å²) in [4.78, 5) is 16.4. The first-order valence-electron chi connectivity index (χ1n) is 6.97. The fourth-order valence-electron chi connectivity index (χ4n) is 2.51. The SMILES string of the molecule is COCCN1C[C@@H](C)N(C(=O)OC(C)(C)C)[C@@H](C)C1. The summed E-state index contributed by atoms with van der Waals surface area (Å²) in [6, 6.07) is 0.325. The van der Waals surface area contributed by atoms with Gasteiger partial charge in [0, 0.05) is 38.8 Å². The van der Waals surface area contributed by atoms with E-state index in [9.17, 15) is 4.79 Å². The van der Waals surface area contributed by atoms with Crippen LogP contribution in [0.3, 0.4) is 0 Å². The first kappa shape index (κ1) is 16.2. The van der Waals surface area contributed by atoms with Crippen LogP contribution < -0.4 is 0 Å². The minimum Gasteiger partial charge on any atom is -0.444 e. The highest BCUT2D eigenvalue weighted by Crippen LogP contribution is 2.19. The Labute approximate surface area is 116 Å². The Balaban J connectivity index is 2.59. The lowest BCUT2D eigenvalue weighted by molar-refractivity contribution is -0.0178. The molecule has 0 radical (unpaired) electrons. The molecule has 0 aromatic rings. The maximum absolute atomic E-state index is 12.2. The quantitative estimate of drug-likeness (QED) is 0.787. The van der Waals surface area contributed by atoms with E-state index < -0.39 is 5.60 Å². The summed E-state index contributed by atoms with van der Waals surface area (Å²) in [5.74, 6) is 0. The van der Waals surface area contributed by atoms with Gasteiger partial charge in [0.15, 0.2) is 0 Å². The van der Waals surface area contributed by atoms with Crippen molar-refractivity contribution in [1.82, 2.24) is 9.80 Å². The van der Waals surface area contributed by atoms with Crippen molar-refractivity contribution in [2.24, 2.45) is 0 Å². The Kier molecular flexibility index (Phi) is 5.62. The van der Waals surface area contributed by atoms with Crippen molar-refractivity contribution in [1.29, 1.82) is 0 Å². The number of hydrogen-bond acceptors (Lipinski definition) is 4. The predicted octanol–water partition coefficient (Wildman–Crippen LogP) is 1.96. The Morgan fingerprint density at radius 3 is 2.16 bits per heavy atom. The number of amides is 1. The van der Waals surface area contributed by atoms with Crippen LogP contribution in [0.5, 0.6) is 0 Å². The molecule has 0 unspecified atom stereocenters. The number of carbonyl (C=O) groups is 1. The molecule has 0 spiro atoms. The Bertz CT molecular complexity index is 290. The van der Waals surface area contributed by atoms with Crippen molar-refractivity contribution in [2.45, 2.75) is 52.3 Å². The molecule has 1 amide bonds. The molecule has 1 aliphatic heterocycles. The first-order chi connectivity index (χ1) is 8.74. The van der Waals surface area contributed by atoms with Gasteiger partial charge in [0.2, 0.25) is 0 Å². The molecule has 1 aliphatic rings. The largest absolute Gasteiger partial charge is 0.444 e. The summed E-state index contributed by atoms with van der Waals surface area (Å²) in [5.41, 5.74) is -0.441. The highest BCUT2D eigenvalue weighted by molar-refractivity contribution is 5.69. The molecule has 0 aromatic carbocycles. The number of methoxy groups -OCH3 is 1. The fraction of sp³-hybridized carbons (Fsp3) is 0.929. The van der Waals surface area contributed by atoms with E-state index in [1.807, 2.05) is 25.7 Å². The molecule has 0 N–H and O–H groups in total. The topological polar surface area (TPSA) is 42.0 Å². The molecule has 0 bridgehead atoms. The predicted molar refractivity (Wildman–Crippen MR) is 75.3 cm³/mol. The summed E-state index contributed by atoms with van der Waals surface area (Å²) >= 11 is 0. The molecule has 5 nitrogen and oxygen atoms in total. The summed E-state index contributed by atoms with van der Waals surface area (Å²) in [5, 5.41) is 0. The number of carbonyl (C=O) groups excluding carboxylic acids is 1. The number of rotatable bonds is 3. The van der Waals surface area contributed by atoms with Crippen LogP contribution in [0.15, 0.2) is 0 Å². The molecule has 0 saturated carbocycles. The minimum absolute atomic E-state index is 0.162. The molecule has 112 valence electrons. The summed E-state index contributed by atoms with van der Waals surface area (Å²) in [6.45, 7) is 13.2. The molecule has 1 rings (SSSR count). The Morgan fingerprint density at radius 2 is 1.74 bits per heavy atom. The second kappa shape index (κ2) is 6.57. The van der Waals surface area contributed by atoms with E-state index in [0.29, 0.717) is 0 Å². The van der Waals surface area contributed by atoms with Crippen LogP contribution in [0.25, 0.3) is 0 Å². The third kappa shape index (κ3) is 4.99. The number of nitrogens with zero attached hydrogens (tertiary/aromatic N) is 2. The average Bonchev–Trinajstić information content (AvgIpc) is 2.22. The molecular weight excluding hydrogens is 244 g/mol. The normalized spacial score (nSPS) is 25.5. The number of hydrogen-bond donors (Lipinski definition) is 0. The lowest BCUT2D eigenvalue weighted by atomic mass is 10.1. The van der Waals surface area contributed by atoms with Gasteiger partial charge in [-0.1, -0.05) is 0 Å². The van der Waals surface area contributed by atoms with Gasteiger partial charge >= 0.3 is 6.09 Å². The van der Waals surface area contributed by atoms with Crippen molar-refractivity contribution in [3.8, 4) is 0 Å². The zero-order chi connectivity index (χ0) is 14.6. The lowest BCUT2D eigenvalue weighted by Crippen LogP contribution is -2.59. The molecule has 19 heavy (non-hydrogen) atoms. The molecule has 5 heteroatoms. The number of ether oxygens (including phenoxy) is 2. The second-order valence-corrected chi connectivity index (χ2v) is 6.34. The van der Waals surface area contributed by atoms with Gasteiger partial charge in [-0.05, 0) is 34.6 Å². The van der Waals surface area contributed by atoms with E-state index >= 15 is 0 Å². The van der Waals surface area contributed by atoms with E-state index in [0.717, 1.165) is 26.2 Å². The maximum Gasteiger partial charge on any atom is 0.410 e. The van der Waals surface area contributed by atoms with Gasteiger partial charge in [0.25, 0.3) is 0 Å². The number of piperazine rings is 1. The van der Waals surface area contributed by atoms with E-state index in [1.165, 1.54) is 0 Å². The fourth-order valence-corrected chi connectivity index (χ4v) is 2.51. The highest BCUT2D eigenvalue weighted by Gasteiger charge is 2.35. The minimum atomic E-state index is -0.441. The van der Waals surface area contributed by atoms with Gasteiger partial charge in [0.05, 0.1) is 6.61 Å². The van der Waals surface area contributed by atoms with Gasteiger partial charge in [-0.25, -0.2) is 4.79 Å². The third-order valence-electron chi connectivity index (χ3n) is 3.21. The third-order valence-corrected chi connectivity index (χ3v) is 3.21. The van der Waals surface area contributed by atoms with Crippen molar-refractivity contribution in [3.63, 3.8) is 0 Å². The van der Waals surface area contributed by atoms with Crippen molar-refractivity contribution < 1.29 is 14.3 Å². The molecule has 0 aliphatic carbocycles. The van der Waals surface area contributed by atoms with Crippen LogP contribution in [0.4, 0.5) is 4.79 Å². The van der Waals surface area contributed by atoms with Crippen LogP contribution >= 0.6 is 0 Å². The van der Waals surface area contributed by atoms with Crippen LogP contribution in [-0.4, -0.2) is 66.9 Å². The molecular formula is C14H28N2O3. The van der Waals surface area contributed by atoms with Crippen LogP contribution in [0.1, 0.15) is 34.6 Å². The Hall–Kier alpha value is -0.810. The second-order valence-electron chi connectivity index (χ2n) is 6.34. The zero-order valence-electron chi connectivity index (χ0n) is 13.1. The van der Waals surface area contributed by atoms with E-state index in [1.54, 1.807) is 7.11 Å². The molecule has 1 heterocycles. The molecule has 1 saturated heterocycles. The van der Waals surface area contributed by atoms with Crippen LogP contribution in [0.2, 0.25) is 0 Å². The van der Waals surface area contributed by atoms with E-state index in [2.05, 4.69) is 18.7 Å². The maximum atomic E-state index is 12.2. The van der Waals surface area contributed by atoms with Crippen molar-refractivity contribution in [2.75, 3.05) is 33.4 Å². The van der Waals surface area contributed by atoms with Gasteiger partial charge in [-0.3, -0.25) is 4.90 Å². The molecule has 1 fully saturated rings. The summed E-state index contributed by atoms with van der Waals surface area (Å²) in [7, 11) is 1.71. The smallest absolute Gasteiger partial charge is 0.410 e. The van der Waals surface area contributed by atoms with Gasteiger partial charge in [-0.15, -0.1) is 0 Å². The van der Waals surface area contributed by atoms with Gasteiger partial charge < -0.3 is 14.4 Å². The van der Waals surface area contributed by atoms with E-state index in [4.69, 9.17) is 9.47 Å². The molecule has 2 atom stereocenters. The lowest BCUT2D eigenvalue weighted by Gasteiger charge is -2.44. The standard InChI is InChI=1S/C14H28N2O3/c1-11-9-15(7-8-18-6)10-12(2)16(11)13(17)19-14(3,4)5/h11-12H,7-10H2,1-6H3/t11-,12+. The van der Waals surface area contributed by atoms with Crippen LogP contribution in [0, 0.1) is 0 Å². The average molecular weight is 272 g/mol. The summed E-state index contributed by atoms with van der Waals surface area (Å²) in [6.07, 6.45) is -0.209. The highest BCUT2D eigenvalue weighted by atomic mass is 16.6. The van der Waals surface area contributed by atoms with Gasteiger partial charge in [-0.2, -0.15) is 0 Å².